The first-order valence-electron chi connectivity index (χ1n) is 9.24. The number of carbonyl (C=O) groups is 3. The molecule has 0 bridgehead atoms. The molecule has 1 atom stereocenters. The Morgan fingerprint density at radius 2 is 1.84 bits per heavy atom. The lowest BCUT2D eigenvalue weighted by Crippen LogP contribution is -2.30. The number of ether oxygens (including phenoxy) is 2. The van der Waals surface area contributed by atoms with E-state index < -0.39 is 47.7 Å². The minimum atomic E-state index is -4.69. The zero-order valence-electron chi connectivity index (χ0n) is 17.3. The van der Waals surface area contributed by atoms with Crippen LogP contribution in [-0.2, 0) is 27.0 Å². The van der Waals surface area contributed by atoms with Crippen molar-refractivity contribution in [3.63, 3.8) is 0 Å². The Morgan fingerprint density at radius 3 is 2.42 bits per heavy atom. The first-order valence-corrected chi connectivity index (χ1v) is 9.24. The topological polar surface area (TPSA) is 107 Å². The highest BCUT2D eigenvalue weighted by molar-refractivity contribution is 6.03. The molecule has 0 saturated carbocycles. The summed E-state index contributed by atoms with van der Waals surface area (Å²) in [5, 5.41) is 0. The Morgan fingerprint density at radius 1 is 1.19 bits per heavy atom. The molecule has 8 nitrogen and oxygen atoms in total. The Hall–Kier alpha value is -3.37. The number of nitrogens with zero attached hydrogens (tertiary/aromatic N) is 1. The van der Waals surface area contributed by atoms with Gasteiger partial charge in [-0.1, -0.05) is 0 Å². The molecular weight excluding hydrogens is 421 g/mol. The molecule has 0 radical (unpaired) electrons. The number of esters is 2. The van der Waals surface area contributed by atoms with Crippen LogP contribution >= 0.6 is 0 Å². The summed E-state index contributed by atoms with van der Waals surface area (Å²) in [5.74, 6) is -2.34. The zero-order valence-corrected chi connectivity index (χ0v) is 17.3. The van der Waals surface area contributed by atoms with Gasteiger partial charge in [0.15, 0.2) is 6.10 Å². The van der Waals surface area contributed by atoms with Crippen molar-refractivity contribution >= 4 is 17.7 Å². The molecule has 0 saturated heterocycles. The lowest BCUT2D eigenvalue weighted by atomic mass is 10.1. The quantitative estimate of drug-likeness (QED) is 0.522. The summed E-state index contributed by atoms with van der Waals surface area (Å²) in [7, 11) is 0. The minimum absolute atomic E-state index is 0.0390. The van der Waals surface area contributed by atoms with E-state index in [0.717, 1.165) is 0 Å². The SMILES string of the molecule is CCOC(=O)c1c(C)[nH]c(C(=O)C(C)OC(=O)Cn2cc(C(F)(F)F)ccc2=O)c1C. The summed E-state index contributed by atoms with van der Waals surface area (Å²) in [6, 6.07) is 1.29. The Kier molecular flexibility index (Phi) is 7.09. The van der Waals surface area contributed by atoms with Crippen molar-refractivity contribution in [2.24, 2.45) is 0 Å². The summed E-state index contributed by atoms with van der Waals surface area (Å²) in [5.41, 5.74) is -0.991. The molecule has 31 heavy (non-hydrogen) atoms. The third-order valence-electron chi connectivity index (χ3n) is 4.45. The third-order valence-corrected chi connectivity index (χ3v) is 4.45. The monoisotopic (exact) mass is 442 g/mol. The van der Waals surface area contributed by atoms with E-state index >= 15 is 0 Å². The zero-order chi connectivity index (χ0) is 23.5. The summed E-state index contributed by atoms with van der Waals surface area (Å²) in [4.78, 5) is 51.4. The molecule has 1 N–H and O–H groups in total. The predicted molar refractivity (Wildman–Crippen MR) is 102 cm³/mol. The maximum absolute atomic E-state index is 12.8. The van der Waals surface area contributed by atoms with Crippen LogP contribution in [0.2, 0.25) is 0 Å². The lowest BCUT2D eigenvalue weighted by molar-refractivity contribution is -0.147. The molecule has 2 rings (SSSR count). The second-order valence-corrected chi connectivity index (χ2v) is 6.72. The van der Waals surface area contributed by atoms with Crippen LogP contribution in [0.3, 0.4) is 0 Å². The van der Waals surface area contributed by atoms with E-state index in [9.17, 15) is 32.3 Å². The van der Waals surface area contributed by atoms with Gasteiger partial charge in [0, 0.05) is 18.0 Å². The van der Waals surface area contributed by atoms with E-state index in [4.69, 9.17) is 9.47 Å². The van der Waals surface area contributed by atoms with Gasteiger partial charge in [-0.2, -0.15) is 13.2 Å². The molecule has 0 spiro atoms. The molecule has 1 unspecified atom stereocenters. The number of pyridine rings is 1. The van der Waals surface area contributed by atoms with Gasteiger partial charge in [0.05, 0.1) is 23.4 Å². The molecule has 0 aliphatic rings. The Bertz CT molecular complexity index is 1070. The molecule has 168 valence electrons. The van der Waals surface area contributed by atoms with Crippen molar-refractivity contribution < 1.29 is 37.0 Å². The smallest absolute Gasteiger partial charge is 0.417 e. The summed E-state index contributed by atoms with van der Waals surface area (Å²) >= 11 is 0. The molecule has 2 heterocycles. The van der Waals surface area contributed by atoms with E-state index in [1.807, 2.05) is 0 Å². The van der Waals surface area contributed by atoms with Crippen LogP contribution in [0.1, 0.15) is 51.5 Å². The number of carbonyl (C=O) groups excluding carboxylic acids is 3. The molecule has 0 aromatic carbocycles. The number of nitrogens with one attached hydrogen (secondary N) is 1. The minimum Gasteiger partial charge on any atom is -0.462 e. The summed E-state index contributed by atoms with van der Waals surface area (Å²) < 4.78 is 48.9. The highest BCUT2D eigenvalue weighted by Gasteiger charge is 2.31. The summed E-state index contributed by atoms with van der Waals surface area (Å²) in [6.07, 6.45) is -5.51. The van der Waals surface area contributed by atoms with Crippen molar-refractivity contribution in [1.82, 2.24) is 9.55 Å². The Labute approximate surface area is 175 Å². The van der Waals surface area contributed by atoms with Gasteiger partial charge in [0.2, 0.25) is 5.78 Å². The molecular formula is C20H21F3N2O6. The Balaban J connectivity index is 2.16. The van der Waals surface area contributed by atoms with E-state index in [1.54, 1.807) is 13.8 Å². The van der Waals surface area contributed by atoms with E-state index in [-0.39, 0.29) is 17.9 Å². The van der Waals surface area contributed by atoms with Gasteiger partial charge in [-0.05, 0) is 39.3 Å². The van der Waals surface area contributed by atoms with E-state index in [2.05, 4.69) is 4.98 Å². The number of Topliss-reactive ketones (excluding diaryl/α,β-unsaturated/α-hetero) is 1. The largest absolute Gasteiger partial charge is 0.462 e. The van der Waals surface area contributed by atoms with Crippen LogP contribution in [0.4, 0.5) is 13.2 Å². The highest BCUT2D eigenvalue weighted by Crippen LogP contribution is 2.28. The van der Waals surface area contributed by atoms with Crippen LogP contribution in [0.15, 0.2) is 23.1 Å². The number of rotatable bonds is 7. The number of aromatic amines is 1. The number of hydrogen-bond donors (Lipinski definition) is 1. The van der Waals surface area contributed by atoms with E-state index in [1.165, 1.54) is 13.8 Å². The fourth-order valence-electron chi connectivity index (χ4n) is 2.96. The second kappa shape index (κ2) is 9.19. The molecule has 2 aromatic heterocycles. The van der Waals surface area contributed by atoms with Gasteiger partial charge in [-0.15, -0.1) is 0 Å². The van der Waals surface area contributed by atoms with Crippen LogP contribution < -0.4 is 5.56 Å². The molecule has 11 heteroatoms. The van der Waals surface area contributed by atoms with Gasteiger partial charge < -0.3 is 19.0 Å². The number of H-pyrrole nitrogens is 1. The van der Waals surface area contributed by atoms with Crippen molar-refractivity contribution in [2.45, 2.75) is 46.5 Å². The number of alkyl halides is 3. The van der Waals surface area contributed by atoms with Crippen molar-refractivity contribution in [3.05, 3.63) is 56.8 Å². The normalized spacial score (nSPS) is 12.4. The molecule has 0 fully saturated rings. The second-order valence-electron chi connectivity index (χ2n) is 6.72. The highest BCUT2D eigenvalue weighted by atomic mass is 19.4. The van der Waals surface area contributed by atoms with Gasteiger partial charge in [-0.3, -0.25) is 14.4 Å². The molecule has 0 aliphatic carbocycles. The average molecular weight is 442 g/mol. The lowest BCUT2D eigenvalue weighted by Gasteiger charge is -2.14. The first kappa shape index (κ1) is 23.9. The molecule has 0 aliphatic heterocycles. The fraction of sp³-hybridized carbons (Fsp3) is 0.400. The van der Waals surface area contributed by atoms with Crippen LogP contribution in [0, 0.1) is 13.8 Å². The predicted octanol–water partition coefficient (Wildman–Crippen LogP) is 2.80. The van der Waals surface area contributed by atoms with Gasteiger partial charge >= 0.3 is 18.1 Å². The van der Waals surface area contributed by atoms with Crippen LogP contribution in [0.25, 0.3) is 0 Å². The first-order chi connectivity index (χ1) is 14.4. The van der Waals surface area contributed by atoms with Crippen molar-refractivity contribution in [2.75, 3.05) is 6.61 Å². The maximum Gasteiger partial charge on any atom is 0.417 e. The number of hydrogen-bond acceptors (Lipinski definition) is 6. The number of halogens is 3. The molecule has 0 amide bonds. The van der Waals surface area contributed by atoms with E-state index in [0.29, 0.717) is 34.2 Å². The third kappa shape index (κ3) is 5.41. The van der Waals surface area contributed by atoms with Gasteiger partial charge in [0.1, 0.15) is 6.54 Å². The van der Waals surface area contributed by atoms with Crippen molar-refractivity contribution in [1.29, 1.82) is 0 Å². The van der Waals surface area contributed by atoms with Crippen molar-refractivity contribution in [3.8, 4) is 0 Å². The van der Waals surface area contributed by atoms with Crippen LogP contribution in [0.5, 0.6) is 0 Å². The number of aromatic nitrogens is 2. The number of aryl methyl sites for hydroxylation is 1. The maximum atomic E-state index is 12.8. The number of ketones is 1. The van der Waals surface area contributed by atoms with Gasteiger partial charge in [0.25, 0.3) is 5.56 Å². The molecule has 2 aromatic rings. The average Bonchev–Trinajstić information content (AvgIpc) is 2.96. The standard InChI is InChI=1S/C20H21F3N2O6/c1-5-30-19(29)16-10(2)17(24-11(16)3)18(28)12(4)31-15(27)9-25-8-13(20(21,22)23)6-7-14(25)26/h6-8,12,24H,5,9H2,1-4H3. The summed E-state index contributed by atoms with van der Waals surface area (Å²) in [6.45, 7) is 5.35. The van der Waals surface area contributed by atoms with Gasteiger partial charge in [-0.25, -0.2) is 4.79 Å². The van der Waals surface area contributed by atoms with Crippen LogP contribution in [-0.4, -0.2) is 40.0 Å². The fourth-order valence-corrected chi connectivity index (χ4v) is 2.96.